The zero-order chi connectivity index (χ0) is 15.4. The van der Waals surface area contributed by atoms with Gasteiger partial charge in [0.2, 0.25) is 5.91 Å². The molecule has 2 rings (SSSR count). The van der Waals surface area contributed by atoms with E-state index in [1.807, 2.05) is 0 Å². The van der Waals surface area contributed by atoms with Gasteiger partial charge in [0.15, 0.2) is 0 Å². The number of carbonyl (C=O) groups is 4. The van der Waals surface area contributed by atoms with E-state index in [1.165, 1.54) is 0 Å². The molecule has 21 heavy (non-hydrogen) atoms. The summed E-state index contributed by atoms with van der Waals surface area (Å²) in [6.07, 6.45) is -0.198. The minimum atomic E-state index is -1.12. The summed E-state index contributed by atoms with van der Waals surface area (Å²) in [5, 5.41) is 12.0. The van der Waals surface area contributed by atoms with Gasteiger partial charge in [0, 0.05) is 12.1 Å². The summed E-state index contributed by atoms with van der Waals surface area (Å²) in [5.74, 6) is -4.50. The Labute approximate surface area is 119 Å². The SMILES string of the molecule is O=C(Nc1ccccc1)C(=O)NN1C[C@H](C(=O)O)CC1=O. The number of benzene rings is 1. The number of rotatable bonds is 3. The molecule has 1 aromatic carbocycles. The molecule has 0 aliphatic carbocycles. The molecule has 1 aliphatic rings. The van der Waals surface area contributed by atoms with Gasteiger partial charge in [0.05, 0.1) is 12.5 Å². The second-order valence-corrected chi connectivity index (χ2v) is 4.50. The average molecular weight is 291 g/mol. The van der Waals surface area contributed by atoms with Gasteiger partial charge >= 0.3 is 17.8 Å². The fourth-order valence-electron chi connectivity index (χ4n) is 1.86. The summed E-state index contributed by atoms with van der Waals surface area (Å²) < 4.78 is 0. The van der Waals surface area contributed by atoms with Gasteiger partial charge in [-0.05, 0) is 12.1 Å². The van der Waals surface area contributed by atoms with Crippen molar-refractivity contribution in [3.63, 3.8) is 0 Å². The fraction of sp³-hybridized carbons (Fsp3) is 0.231. The lowest BCUT2D eigenvalue weighted by Crippen LogP contribution is -2.47. The van der Waals surface area contributed by atoms with Crippen molar-refractivity contribution in [2.24, 2.45) is 5.92 Å². The maximum Gasteiger partial charge on any atom is 0.328 e. The highest BCUT2D eigenvalue weighted by Gasteiger charge is 2.36. The van der Waals surface area contributed by atoms with E-state index in [2.05, 4.69) is 10.7 Å². The first kappa shape index (κ1) is 14.5. The number of hydrogen-bond acceptors (Lipinski definition) is 4. The molecule has 1 aliphatic heterocycles. The third-order valence-corrected chi connectivity index (χ3v) is 2.95. The second-order valence-electron chi connectivity index (χ2n) is 4.50. The first-order valence-corrected chi connectivity index (χ1v) is 6.17. The fourth-order valence-corrected chi connectivity index (χ4v) is 1.86. The van der Waals surface area contributed by atoms with Crippen molar-refractivity contribution in [1.29, 1.82) is 0 Å². The van der Waals surface area contributed by atoms with Gasteiger partial charge in [0.25, 0.3) is 0 Å². The largest absolute Gasteiger partial charge is 0.481 e. The number of nitrogens with zero attached hydrogens (tertiary/aromatic N) is 1. The second kappa shape index (κ2) is 6.04. The number of amides is 3. The quantitative estimate of drug-likeness (QED) is 0.655. The molecule has 0 saturated carbocycles. The highest BCUT2D eigenvalue weighted by atomic mass is 16.4. The van der Waals surface area contributed by atoms with Crippen LogP contribution in [0.5, 0.6) is 0 Å². The summed E-state index contributed by atoms with van der Waals surface area (Å²) in [5.41, 5.74) is 2.54. The summed E-state index contributed by atoms with van der Waals surface area (Å²) in [6.45, 7) is -0.154. The number of aliphatic carboxylic acids is 1. The van der Waals surface area contributed by atoms with Gasteiger partial charge in [-0.25, -0.2) is 0 Å². The van der Waals surface area contributed by atoms with Gasteiger partial charge in [0.1, 0.15) is 0 Å². The van der Waals surface area contributed by atoms with E-state index in [1.54, 1.807) is 30.3 Å². The molecule has 3 N–H and O–H groups in total. The van der Waals surface area contributed by atoms with Crippen molar-refractivity contribution in [2.45, 2.75) is 6.42 Å². The number of carboxylic acid groups (broad SMARTS) is 1. The smallest absolute Gasteiger partial charge is 0.328 e. The first-order valence-electron chi connectivity index (χ1n) is 6.17. The Balaban J connectivity index is 1.91. The molecule has 0 bridgehead atoms. The van der Waals surface area contributed by atoms with Gasteiger partial charge in [-0.2, -0.15) is 0 Å². The van der Waals surface area contributed by atoms with Crippen LogP contribution in [0.15, 0.2) is 30.3 Å². The van der Waals surface area contributed by atoms with Crippen LogP contribution in [-0.4, -0.2) is 40.4 Å². The van der Waals surface area contributed by atoms with E-state index in [0.717, 1.165) is 5.01 Å². The highest BCUT2D eigenvalue weighted by Crippen LogP contribution is 2.15. The van der Waals surface area contributed by atoms with Gasteiger partial charge in [-0.1, -0.05) is 18.2 Å². The Hall–Kier alpha value is -2.90. The lowest BCUT2D eigenvalue weighted by Gasteiger charge is -2.16. The maximum atomic E-state index is 11.7. The molecule has 0 spiro atoms. The number of anilines is 1. The summed E-state index contributed by atoms with van der Waals surface area (Å²) in [6, 6.07) is 8.34. The van der Waals surface area contributed by atoms with Crippen molar-refractivity contribution in [3.05, 3.63) is 30.3 Å². The van der Waals surface area contributed by atoms with Gasteiger partial charge < -0.3 is 10.4 Å². The molecule has 3 amide bonds. The zero-order valence-electron chi connectivity index (χ0n) is 10.9. The van der Waals surface area contributed by atoms with Crippen molar-refractivity contribution < 1.29 is 24.3 Å². The van der Waals surface area contributed by atoms with Crippen LogP contribution in [0.2, 0.25) is 0 Å². The van der Waals surface area contributed by atoms with E-state index >= 15 is 0 Å². The number of nitrogens with one attached hydrogen (secondary N) is 2. The molecule has 1 aromatic rings. The lowest BCUT2D eigenvalue weighted by molar-refractivity contribution is -0.143. The van der Waals surface area contributed by atoms with Crippen LogP contribution in [0, 0.1) is 5.92 Å². The number of hydrazine groups is 1. The summed E-state index contributed by atoms with van der Waals surface area (Å²) in [7, 11) is 0. The van der Waals surface area contributed by atoms with E-state index < -0.39 is 29.6 Å². The Morgan fingerprint density at radius 1 is 1.14 bits per heavy atom. The van der Waals surface area contributed by atoms with Crippen molar-refractivity contribution in [3.8, 4) is 0 Å². The number of carbonyl (C=O) groups excluding carboxylic acids is 3. The first-order chi connectivity index (χ1) is 9.97. The van der Waals surface area contributed by atoms with Crippen LogP contribution in [0.1, 0.15) is 6.42 Å². The van der Waals surface area contributed by atoms with Gasteiger partial charge in [-0.15, -0.1) is 0 Å². The van der Waals surface area contributed by atoms with E-state index in [9.17, 15) is 19.2 Å². The molecule has 1 atom stereocenters. The van der Waals surface area contributed by atoms with Gasteiger partial charge in [-0.3, -0.25) is 29.6 Å². The number of carboxylic acids is 1. The van der Waals surface area contributed by atoms with Crippen LogP contribution in [0.4, 0.5) is 5.69 Å². The third kappa shape index (κ3) is 3.56. The predicted octanol–water partition coefficient (Wildman–Crippen LogP) is -0.411. The molecule has 8 nitrogen and oxygen atoms in total. The topological polar surface area (TPSA) is 116 Å². The minimum absolute atomic E-state index is 0.154. The minimum Gasteiger partial charge on any atom is -0.481 e. The van der Waals surface area contributed by atoms with Crippen LogP contribution in [0.3, 0.4) is 0 Å². The predicted molar refractivity (Wildman–Crippen MR) is 70.7 cm³/mol. The average Bonchev–Trinajstić information content (AvgIpc) is 2.81. The lowest BCUT2D eigenvalue weighted by atomic mass is 10.1. The Morgan fingerprint density at radius 3 is 2.38 bits per heavy atom. The summed E-state index contributed by atoms with van der Waals surface area (Å²) in [4.78, 5) is 45.6. The molecule has 1 heterocycles. The summed E-state index contributed by atoms with van der Waals surface area (Å²) >= 11 is 0. The Kier molecular flexibility index (Phi) is 4.17. The van der Waals surface area contributed by atoms with Crippen molar-refractivity contribution in [1.82, 2.24) is 10.4 Å². The molecule has 0 aromatic heterocycles. The van der Waals surface area contributed by atoms with Crippen LogP contribution >= 0.6 is 0 Å². The van der Waals surface area contributed by atoms with Crippen LogP contribution in [0.25, 0.3) is 0 Å². The Morgan fingerprint density at radius 2 is 1.81 bits per heavy atom. The van der Waals surface area contributed by atoms with Crippen molar-refractivity contribution >= 4 is 29.4 Å². The number of hydrogen-bond donors (Lipinski definition) is 3. The molecule has 1 saturated heterocycles. The number of para-hydroxylation sites is 1. The normalized spacial score (nSPS) is 17.4. The maximum absolute atomic E-state index is 11.7. The van der Waals surface area contributed by atoms with E-state index in [-0.39, 0.29) is 13.0 Å². The van der Waals surface area contributed by atoms with Crippen LogP contribution in [-0.2, 0) is 19.2 Å². The molecule has 1 fully saturated rings. The zero-order valence-corrected chi connectivity index (χ0v) is 10.9. The standard InChI is InChI=1S/C13H13N3O5/c17-10-6-8(13(20)21)7-16(10)15-12(19)11(18)14-9-4-2-1-3-5-9/h1-5,8H,6-7H2,(H,14,18)(H,15,19)(H,20,21)/t8-/m1/s1. The molecule has 0 unspecified atom stereocenters. The molecule has 8 heteroatoms. The van der Waals surface area contributed by atoms with E-state index in [0.29, 0.717) is 5.69 Å². The highest BCUT2D eigenvalue weighted by molar-refractivity contribution is 6.39. The Bertz CT molecular complexity index is 587. The molecular formula is C13H13N3O5. The molecule has 0 radical (unpaired) electrons. The van der Waals surface area contributed by atoms with Crippen molar-refractivity contribution in [2.75, 3.05) is 11.9 Å². The van der Waals surface area contributed by atoms with Crippen LogP contribution < -0.4 is 10.7 Å². The monoisotopic (exact) mass is 291 g/mol. The third-order valence-electron chi connectivity index (χ3n) is 2.95. The molecular weight excluding hydrogens is 278 g/mol. The van der Waals surface area contributed by atoms with E-state index in [4.69, 9.17) is 5.11 Å². The molecule has 110 valence electrons.